The van der Waals surface area contributed by atoms with Crippen LogP contribution in [0, 0.1) is 5.92 Å². The number of ether oxygens (including phenoxy) is 4. The number of nitrogens with one attached hydrogen (secondary N) is 1. The highest BCUT2D eigenvalue weighted by Crippen LogP contribution is 2.39. The number of esters is 2. The molecule has 0 aromatic heterocycles. The first-order valence-electron chi connectivity index (χ1n) is 16.2. The molecule has 1 saturated heterocycles. The molecule has 2 aliphatic rings. The number of benzene rings is 2. The van der Waals surface area contributed by atoms with Gasteiger partial charge in [-0.25, -0.2) is 9.59 Å². The second-order valence-corrected chi connectivity index (χ2v) is 11.6. The second kappa shape index (κ2) is 17.1. The van der Waals surface area contributed by atoms with Gasteiger partial charge >= 0.3 is 11.9 Å². The lowest BCUT2D eigenvalue weighted by Gasteiger charge is -2.29. The Morgan fingerprint density at radius 1 is 0.773 bits per heavy atom. The van der Waals surface area contributed by atoms with E-state index in [9.17, 15) is 14.4 Å². The van der Waals surface area contributed by atoms with Gasteiger partial charge in [-0.1, -0.05) is 80.8 Å². The molecule has 0 unspecified atom stereocenters. The van der Waals surface area contributed by atoms with E-state index >= 15 is 0 Å². The van der Waals surface area contributed by atoms with E-state index in [0.717, 1.165) is 36.4 Å². The number of unbranched alkanes of at least 4 members (excludes halogenated alkanes) is 3. The second-order valence-electron chi connectivity index (χ2n) is 11.6. The normalized spacial score (nSPS) is 21.9. The number of hydrogen-bond acceptors (Lipinski definition) is 7. The Bertz CT molecular complexity index is 1190. The van der Waals surface area contributed by atoms with Crippen molar-refractivity contribution in [1.82, 2.24) is 5.32 Å². The summed E-state index contributed by atoms with van der Waals surface area (Å²) in [6.07, 6.45) is 9.19. The molecule has 2 aromatic rings. The maximum Gasteiger partial charge on any atom is 0.338 e. The average Bonchev–Trinajstić information content (AvgIpc) is 3.51. The molecular formula is C36H47NO7. The summed E-state index contributed by atoms with van der Waals surface area (Å²) in [7, 11) is 0. The summed E-state index contributed by atoms with van der Waals surface area (Å²) in [5.74, 6) is 0.0801. The summed E-state index contributed by atoms with van der Waals surface area (Å²) < 4.78 is 21.8. The molecular weight excluding hydrogens is 558 g/mol. The minimum Gasteiger partial charge on any atom is -0.464 e. The van der Waals surface area contributed by atoms with Crippen molar-refractivity contribution in [1.29, 1.82) is 0 Å². The van der Waals surface area contributed by atoms with E-state index in [4.69, 9.17) is 18.9 Å². The molecule has 1 aliphatic heterocycles. The number of carbonyl (C=O) groups excluding carboxylic acids is 3. The van der Waals surface area contributed by atoms with E-state index in [0.29, 0.717) is 11.5 Å². The molecule has 1 heterocycles. The standard InChI is InChI=1S/C36H47NO7/c1-4-31(38)37-24-10-8-7-9-11-25-12-14-26(15-13-25)27-16-18-28(19-17-27)29-20-22-30(23-21-29)36-43-32(34(39)41-5-2)33(44-36)35(40)42-6-3/h4,16-23,25-26,32-33,36H,1,5-15,24H2,2-3H3,(H,37,38)/t25?,26?,32-,33-/m1/s1. The van der Waals surface area contributed by atoms with Crippen molar-refractivity contribution >= 4 is 17.8 Å². The van der Waals surface area contributed by atoms with Gasteiger partial charge < -0.3 is 24.3 Å². The van der Waals surface area contributed by atoms with Crippen molar-refractivity contribution in [3.8, 4) is 11.1 Å². The van der Waals surface area contributed by atoms with Crippen LogP contribution in [-0.2, 0) is 33.3 Å². The highest BCUT2D eigenvalue weighted by molar-refractivity contribution is 5.87. The third-order valence-corrected chi connectivity index (χ3v) is 8.62. The van der Waals surface area contributed by atoms with Gasteiger partial charge in [0.2, 0.25) is 5.91 Å². The molecule has 0 spiro atoms. The van der Waals surface area contributed by atoms with Gasteiger partial charge in [0.05, 0.1) is 13.2 Å². The molecule has 238 valence electrons. The van der Waals surface area contributed by atoms with Crippen LogP contribution in [-0.4, -0.2) is 49.8 Å². The van der Waals surface area contributed by atoms with Gasteiger partial charge in [-0.15, -0.1) is 0 Å². The third kappa shape index (κ3) is 9.26. The van der Waals surface area contributed by atoms with Gasteiger partial charge in [0.1, 0.15) is 0 Å². The predicted molar refractivity (Wildman–Crippen MR) is 169 cm³/mol. The summed E-state index contributed by atoms with van der Waals surface area (Å²) in [6, 6.07) is 16.7. The summed E-state index contributed by atoms with van der Waals surface area (Å²) in [6.45, 7) is 7.96. The Labute approximate surface area is 261 Å². The lowest BCUT2D eigenvalue weighted by atomic mass is 9.77. The molecule has 0 radical (unpaired) electrons. The molecule has 44 heavy (non-hydrogen) atoms. The van der Waals surface area contributed by atoms with Gasteiger partial charge in [0.15, 0.2) is 18.5 Å². The molecule has 2 atom stereocenters. The molecule has 8 heteroatoms. The van der Waals surface area contributed by atoms with Gasteiger partial charge in [0, 0.05) is 12.1 Å². The van der Waals surface area contributed by atoms with Crippen LogP contribution >= 0.6 is 0 Å². The van der Waals surface area contributed by atoms with Crippen molar-refractivity contribution in [2.24, 2.45) is 5.92 Å². The Kier molecular flexibility index (Phi) is 13.0. The first-order chi connectivity index (χ1) is 21.4. The SMILES string of the molecule is C=CC(=O)NCCCCCCC1CCC(c2ccc(-c3ccc(C4O[C@@H](C(=O)OCC)[C@H](C(=O)OCC)O4)cc3)cc2)CC1. The van der Waals surface area contributed by atoms with Gasteiger partial charge in [-0.05, 0) is 80.6 Å². The molecule has 8 nitrogen and oxygen atoms in total. The van der Waals surface area contributed by atoms with Crippen molar-refractivity contribution < 1.29 is 33.3 Å². The number of carbonyl (C=O) groups is 3. The first kappa shape index (κ1) is 33.4. The Morgan fingerprint density at radius 2 is 1.30 bits per heavy atom. The molecule has 1 N–H and O–H groups in total. The van der Waals surface area contributed by atoms with Crippen molar-refractivity contribution in [3.63, 3.8) is 0 Å². The zero-order chi connectivity index (χ0) is 31.3. The zero-order valence-electron chi connectivity index (χ0n) is 26.1. The van der Waals surface area contributed by atoms with Crippen LogP contribution in [0.4, 0.5) is 0 Å². The maximum atomic E-state index is 12.4. The summed E-state index contributed by atoms with van der Waals surface area (Å²) >= 11 is 0. The van der Waals surface area contributed by atoms with Crippen molar-refractivity contribution in [3.05, 3.63) is 72.3 Å². The van der Waals surface area contributed by atoms with Crippen molar-refractivity contribution in [2.75, 3.05) is 19.8 Å². The van der Waals surface area contributed by atoms with Crippen LogP contribution in [0.25, 0.3) is 11.1 Å². The molecule has 2 aromatic carbocycles. The smallest absolute Gasteiger partial charge is 0.338 e. The van der Waals surface area contributed by atoms with Crippen LogP contribution in [0.5, 0.6) is 0 Å². The van der Waals surface area contributed by atoms with Gasteiger partial charge in [-0.2, -0.15) is 0 Å². The summed E-state index contributed by atoms with van der Waals surface area (Å²) in [4.78, 5) is 36.0. The quantitative estimate of drug-likeness (QED) is 0.136. The lowest BCUT2D eigenvalue weighted by molar-refractivity contribution is -0.163. The molecule has 1 aliphatic carbocycles. The van der Waals surface area contributed by atoms with Gasteiger partial charge in [-0.3, -0.25) is 4.79 Å². The van der Waals surface area contributed by atoms with Gasteiger partial charge in [0.25, 0.3) is 0 Å². The van der Waals surface area contributed by atoms with Crippen LogP contribution in [0.3, 0.4) is 0 Å². The molecule has 2 fully saturated rings. The highest BCUT2D eigenvalue weighted by atomic mass is 16.8. The summed E-state index contributed by atoms with van der Waals surface area (Å²) in [5.41, 5.74) is 4.31. The number of hydrogen-bond donors (Lipinski definition) is 1. The van der Waals surface area contributed by atoms with E-state index in [2.05, 4.69) is 36.2 Å². The molecule has 4 rings (SSSR count). The largest absolute Gasteiger partial charge is 0.464 e. The average molecular weight is 606 g/mol. The topological polar surface area (TPSA) is 100 Å². The molecule has 1 amide bonds. The Hall–Kier alpha value is -3.49. The summed E-state index contributed by atoms with van der Waals surface area (Å²) in [5, 5.41) is 2.84. The molecule has 1 saturated carbocycles. The van der Waals surface area contributed by atoms with Crippen LogP contribution in [0.1, 0.15) is 95.0 Å². The highest BCUT2D eigenvalue weighted by Gasteiger charge is 2.47. The molecule has 0 bridgehead atoms. The Morgan fingerprint density at radius 3 is 1.82 bits per heavy atom. The van der Waals surface area contributed by atoms with E-state index in [1.54, 1.807) is 13.8 Å². The predicted octanol–water partition coefficient (Wildman–Crippen LogP) is 6.79. The fourth-order valence-corrected chi connectivity index (χ4v) is 6.17. The number of amides is 1. The fourth-order valence-electron chi connectivity index (χ4n) is 6.17. The van der Waals surface area contributed by atoms with E-state index < -0.39 is 30.4 Å². The zero-order valence-corrected chi connectivity index (χ0v) is 26.1. The Balaban J connectivity index is 1.23. The maximum absolute atomic E-state index is 12.4. The lowest BCUT2D eigenvalue weighted by Crippen LogP contribution is -2.39. The van der Waals surface area contributed by atoms with Crippen LogP contribution < -0.4 is 5.32 Å². The minimum absolute atomic E-state index is 0.0869. The van der Waals surface area contributed by atoms with E-state index in [1.807, 2.05) is 24.3 Å². The van der Waals surface area contributed by atoms with Crippen molar-refractivity contribution in [2.45, 2.75) is 96.1 Å². The van der Waals surface area contributed by atoms with E-state index in [-0.39, 0.29) is 19.1 Å². The van der Waals surface area contributed by atoms with E-state index in [1.165, 1.54) is 56.6 Å². The third-order valence-electron chi connectivity index (χ3n) is 8.62. The fraction of sp³-hybridized carbons (Fsp3) is 0.528. The van der Waals surface area contributed by atoms with Crippen LogP contribution in [0.15, 0.2) is 61.2 Å². The van der Waals surface area contributed by atoms with Crippen LogP contribution in [0.2, 0.25) is 0 Å². The first-order valence-corrected chi connectivity index (χ1v) is 16.2. The number of rotatable bonds is 15. The monoisotopic (exact) mass is 605 g/mol. The minimum atomic E-state index is -1.17.